The Morgan fingerprint density at radius 2 is 1.59 bits per heavy atom. The van der Waals surface area contributed by atoms with Gasteiger partial charge in [0.1, 0.15) is 12.0 Å². The lowest BCUT2D eigenvalue weighted by Gasteiger charge is -2.08. The molecule has 106 valence electrons. The summed E-state index contributed by atoms with van der Waals surface area (Å²) < 4.78 is 0. The van der Waals surface area contributed by atoms with Crippen molar-refractivity contribution in [2.75, 3.05) is 0 Å². The Labute approximate surface area is 128 Å². The summed E-state index contributed by atoms with van der Waals surface area (Å²) in [7, 11) is 0. The van der Waals surface area contributed by atoms with Crippen molar-refractivity contribution in [1.29, 1.82) is 0 Å². The molecule has 0 atom stereocenters. The van der Waals surface area contributed by atoms with Crippen LogP contribution in [0.2, 0.25) is 0 Å². The third-order valence-corrected chi connectivity index (χ3v) is 3.43. The van der Waals surface area contributed by atoms with Crippen LogP contribution in [0.25, 0.3) is 11.1 Å². The van der Waals surface area contributed by atoms with Crippen LogP contribution in [-0.2, 0) is 0 Å². The molecule has 0 spiro atoms. The van der Waals surface area contributed by atoms with Crippen LogP contribution in [0, 0.1) is 0 Å². The maximum absolute atomic E-state index is 12.6. The van der Waals surface area contributed by atoms with Crippen LogP contribution in [0.15, 0.2) is 72.9 Å². The molecule has 1 aromatic heterocycles. The van der Waals surface area contributed by atoms with Crippen LogP contribution in [-0.4, -0.2) is 17.1 Å². The van der Waals surface area contributed by atoms with Gasteiger partial charge in [-0.1, -0.05) is 54.6 Å². The van der Waals surface area contributed by atoms with E-state index in [0.717, 1.165) is 17.4 Å². The molecule has 22 heavy (non-hydrogen) atoms. The minimum absolute atomic E-state index is 0.115. The summed E-state index contributed by atoms with van der Waals surface area (Å²) in [5.74, 6) is -0.115. The van der Waals surface area contributed by atoms with E-state index in [-0.39, 0.29) is 5.78 Å². The molecule has 3 rings (SSSR count). The number of rotatable bonds is 4. The average molecular weight is 287 g/mol. The second kappa shape index (κ2) is 6.14. The van der Waals surface area contributed by atoms with Crippen LogP contribution in [0.3, 0.4) is 0 Å². The number of aldehydes is 1. The molecular formula is C19H13NO2. The number of nitrogens with zero attached hydrogens (tertiary/aromatic N) is 1. The Hall–Kier alpha value is -3.07. The van der Waals surface area contributed by atoms with Gasteiger partial charge in [0.2, 0.25) is 5.78 Å². The number of hydrogen-bond donors (Lipinski definition) is 0. The van der Waals surface area contributed by atoms with E-state index in [9.17, 15) is 9.59 Å². The molecule has 0 fully saturated rings. The van der Waals surface area contributed by atoms with E-state index in [4.69, 9.17) is 0 Å². The molecule has 2 aromatic carbocycles. The Balaban J connectivity index is 2.06. The van der Waals surface area contributed by atoms with Crippen molar-refractivity contribution < 1.29 is 9.59 Å². The largest absolute Gasteiger partial charge is 0.298 e. The van der Waals surface area contributed by atoms with Crippen LogP contribution in [0.1, 0.15) is 26.4 Å². The highest BCUT2D eigenvalue weighted by atomic mass is 16.1. The second-order valence-corrected chi connectivity index (χ2v) is 4.83. The molecule has 0 aliphatic heterocycles. The SMILES string of the molecule is O=Cc1ccc(-c2ccccc2C(=O)c2ccccn2)cc1. The standard InChI is InChI=1S/C19H13NO2/c21-13-14-8-10-15(11-9-14)16-5-1-2-6-17(16)19(22)18-7-3-4-12-20-18/h1-13H. The highest BCUT2D eigenvalue weighted by molar-refractivity contribution is 6.11. The van der Waals surface area contributed by atoms with E-state index in [0.29, 0.717) is 16.8 Å². The van der Waals surface area contributed by atoms with Crippen LogP contribution in [0.5, 0.6) is 0 Å². The van der Waals surface area contributed by atoms with Crippen molar-refractivity contribution in [3.8, 4) is 11.1 Å². The fourth-order valence-corrected chi connectivity index (χ4v) is 2.31. The molecular weight excluding hydrogens is 274 g/mol. The quantitative estimate of drug-likeness (QED) is 0.542. The van der Waals surface area contributed by atoms with E-state index in [2.05, 4.69) is 4.98 Å². The molecule has 0 unspecified atom stereocenters. The zero-order valence-electron chi connectivity index (χ0n) is 11.8. The van der Waals surface area contributed by atoms with Crippen molar-refractivity contribution in [2.24, 2.45) is 0 Å². The highest BCUT2D eigenvalue weighted by Gasteiger charge is 2.15. The van der Waals surface area contributed by atoms with Gasteiger partial charge in [-0.05, 0) is 23.3 Å². The first-order valence-corrected chi connectivity index (χ1v) is 6.90. The number of pyridine rings is 1. The lowest BCUT2D eigenvalue weighted by atomic mass is 9.95. The summed E-state index contributed by atoms with van der Waals surface area (Å²) >= 11 is 0. The van der Waals surface area contributed by atoms with Gasteiger partial charge in [0.05, 0.1) is 0 Å². The zero-order chi connectivity index (χ0) is 15.4. The van der Waals surface area contributed by atoms with E-state index >= 15 is 0 Å². The Morgan fingerprint density at radius 1 is 0.864 bits per heavy atom. The topological polar surface area (TPSA) is 47.0 Å². The molecule has 0 N–H and O–H groups in total. The van der Waals surface area contributed by atoms with Gasteiger partial charge in [0, 0.05) is 17.3 Å². The molecule has 0 aliphatic carbocycles. The van der Waals surface area contributed by atoms with Gasteiger partial charge >= 0.3 is 0 Å². The molecule has 0 amide bonds. The molecule has 1 heterocycles. The van der Waals surface area contributed by atoms with Gasteiger partial charge in [-0.25, -0.2) is 0 Å². The lowest BCUT2D eigenvalue weighted by Crippen LogP contribution is -2.05. The minimum Gasteiger partial charge on any atom is -0.298 e. The Kier molecular flexibility index (Phi) is 3.88. The third kappa shape index (κ3) is 2.69. The first-order valence-electron chi connectivity index (χ1n) is 6.90. The predicted molar refractivity (Wildman–Crippen MR) is 84.9 cm³/mol. The van der Waals surface area contributed by atoms with Crippen molar-refractivity contribution in [3.05, 3.63) is 89.7 Å². The molecule has 3 aromatic rings. The van der Waals surface area contributed by atoms with Crippen molar-refractivity contribution >= 4 is 12.1 Å². The van der Waals surface area contributed by atoms with Crippen molar-refractivity contribution in [3.63, 3.8) is 0 Å². The second-order valence-electron chi connectivity index (χ2n) is 4.83. The highest BCUT2D eigenvalue weighted by Crippen LogP contribution is 2.25. The summed E-state index contributed by atoms with van der Waals surface area (Å²) in [6.07, 6.45) is 2.41. The van der Waals surface area contributed by atoms with Crippen LogP contribution >= 0.6 is 0 Å². The number of carbonyl (C=O) groups is 2. The van der Waals surface area contributed by atoms with Gasteiger partial charge in [-0.2, -0.15) is 0 Å². The maximum Gasteiger partial charge on any atom is 0.211 e. The lowest BCUT2D eigenvalue weighted by molar-refractivity contribution is 0.103. The molecule has 0 bridgehead atoms. The van der Waals surface area contributed by atoms with Crippen molar-refractivity contribution in [1.82, 2.24) is 4.98 Å². The van der Waals surface area contributed by atoms with Gasteiger partial charge in [0.15, 0.2) is 0 Å². The first-order chi connectivity index (χ1) is 10.8. The summed E-state index contributed by atoms with van der Waals surface area (Å²) in [5, 5.41) is 0. The zero-order valence-corrected chi connectivity index (χ0v) is 11.8. The van der Waals surface area contributed by atoms with Crippen LogP contribution in [0.4, 0.5) is 0 Å². The molecule has 0 radical (unpaired) electrons. The molecule has 0 saturated heterocycles. The average Bonchev–Trinajstić information content (AvgIpc) is 2.62. The van der Waals surface area contributed by atoms with E-state index in [1.807, 2.05) is 30.3 Å². The number of carbonyl (C=O) groups excluding carboxylic acids is 2. The molecule has 3 heteroatoms. The minimum atomic E-state index is -0.115. The Morgan fingerprint density at radius 3 is 2.27 bits per heavy atom. The number of aromatic nitrogens is 1. The number of ketones is 1. The molecule has 3 nitrogen and oxygen atoms in total. The van der Waals surface area contributed by atoms with Gasteiger partial charge in [0.25, 0.3) is 0 Å². The fraction of sp³-hybridized carbons (Fsp3) is 0. The van der Waals surface area contributed by atoms with Crippen LogP contribution < -0.4 is 0 Å². The normalized spacial score (nSPS) is 10.2. The maximum atomic E-state index is 12.6. The smallest absolute Gasteiger partial charge is 0.211 e. The summed E-state index contributed by atoms with van der Waals surface area (Å²) in [6.45, 7) is 0. The number of benzene rings is 2. The molecule has 0 saturated carbocycles. The number of hydrogen-bond acceptors (Lipinski definition) is 3. The summed E-state index contributed by atoms with van der Waals surface area (Å²) in [5.41, 5.74) is 3.35. The Bertz CT molecular complexity index is 808. The third-order valence-electron chi connectivity index (χ3n) is 3.43. The fourth-order valence-electron chi connectivity index (χ4n) is 2.31. The van der Waals surface area contributed by atoms with E-state index in [1.54, 1.807) is 42.6 Å². The molecule has 0 aliphatic rings. The first kappa shape index (κ1) is 13.9. The van der Waals surface area contributed by atoms with E-state index in [1.165, 1.54) is 0 Å². The summed E-state index contributed by atoms with van der Waals surface area (Å²) in [6, 6.07) is 19.8. The van der Waals surface area contributed by atoms with Gasteiger partial charge in [-0.3, -0.25) is 14.6 Å². The monoisotopic (exact) mass is 287 g/mol. The summed E-state index contributed by atoms with van der Waals surface area (Å²) in [4.78, 5) is 27.5. The van der Waals surface area contributed by atoms with Gasteiger partial charge in [-0.15, -0.1) is 0 Å². The van der Waals surface area contributed by atoms with E-state index < -0.39 is 0 Å². The predicted octanol–water partition coefficient (Wildman–Crippen LogP) is 3.79. The van der Waals surface area contributed by atoms with Gasteiger partial charge < -0.3 is 0 Å². The van der Waals surface area contributed by atoms with Crippen molar-refractivity contribution in [2.45, 2.75) is 0 Å².